The Morgan fingerprint density at radius 2 is 2.12 bits per heavy atom. The first-order valence-corrected chi connectivity index (χ1v) is 9.05. The quantitative estimate of drug-likeness (QED) is 0.897. The molecule has 0 spiro atoms. The van der Waals surface area contributed by atoms with Crippen LogP contribution in [0.15, 0.2) is 42.6 Å². The Hall–Kier alpha value is -2.60. The fourth-order valence-electron chi connectivity index (χ4n) is 3.58. The Bertz CT molecular complexity index is 843. The minimum Gasteiger partial charge on any atom is -0.350 e. The van der Waals surface area contributed by atoms with Gasteiger partial charge in [-0.1, -0.05) is 41.9 Å². The van der Waals surface area contributed by atoms with Crippen LogP contribution >= 0.6 is 11.6 Å². The van der Waals surface area contributed by atoms with Gasteiger partial charge in [-0.3, -0.25) is 14.5 Å². The highest BCUT2D eigenvalue weighted by molar-refractivity contribution is 6.31. The van der Waals surface area contributed by atoms with Crippen molar-refractivity contribution in [3.63, 3.8) is 0 Å². The average molecular weight is 371 g/mol. The van der Waals surface area contributed by atoms with Gasteiger partial charge in [-0.2, -0.15) is 0 Å². The van der Waals surface area contributed by atoms with Crippen LogP contribution in [0.2, 0.25) is 5.02 Å². The Kier molecular flexibility index (Phi) is 4.51. The van der Waals surface area contributed by atoms with Crippen molar-refractivity contribution in [2.45, 2.75) is 25.4 Å². The van der Waals surface area contributed by atoms with Gasteiger partial charge in [-0.15, -0.1) is 0 Å². The molecule has 6 nitrogen and oxygen atoms in total. The molecule has 3 heterocycles. The van der Waals surface area contributed by atoms with Gasteiger partial charge in [0.1, 0.15) is 12.6 Å². The zero-order chi connectivity index (χ0) is 18.1. The maximum Gasteiger partial charge on any atom is 0.250 e. The van der Waals surface area contributed by atoms with E-state index in [0.717, 1.165) is 30.8 Å². The highest BCUT2D eigenvalue weighted by Gasteiger charge is 2.42. The van der Waals surface area contributed by atoms with Gasteiger partial charge in [-0.05, 0) is 24.5 Å². The van der Waals surface area contributed by atoms with E-state index in [9.17, 15) is 9.59 Å². The van der Waals surface area contributed by atoms with Crippen LogP contribution in [0.25, 0.3) is 0 Å². The lowest BCUT2D eigenvalue weighted by Crippen LogP contribution is -2.53. The molecule has 2 aromatic rings. The van der Waals surface area contributed by atoms with E-state index in [-0.39, 0.29) is 24.4 Å². The van der Waals surface area contributed by atoms with Crippen LogP contribution < -0.4 is 15.1 Å². The zero-order valence-electron chi connectivity index (χ0n) is 14.2. The number of anilines is 2. The number of carbonyl (C=O) groups excluding carboxylic acids is 2. The molecule has 1 fully saturated rings. The first-order chi connectivity index (χ1) is 12.6. The highest BCUT2D eigenvalue weighted by atomic mass is 35.5. The van der Waals surface area contributed by atoms with Crippen LogP contribution in [-0.4, -0.2) is 35.9 Å². The molecule has 1 atom stereocenters. The molecule has 1 N–H and O–H groups in total. The number of benzene rings is 1. The molecule has 1 aromatic carbocycles. The summed E-state index contributed by atoms with van der Waals surface area (Å²) in [5, 5.41) is 3.32. The Balaban J connectivity index is 1.53. The summed E-state index contributed by atoms with van der Waals surface area (Å²) in [5.74, 6) is 0.459. The lowest BCUT2D eigenvalue weighted by molar-refractivity contribution is -0.124. The number of hydrogen-bond acceptors (Lipinski definition) is 4. The molecule has 4 rings (SSSR count). The van der Waals surface area contributed by atoms with Crippen molar-refractivity contribution >= 4 is 34.9 Å². The summed E-state index contributed by atoms with van der Waals surface area (Å²) in [6.07, 6.45) is 3.30. The van der Waals surface area contributed by atoms with Gasteiger partial charge in [0.2, 0.25) is 11.8 Å². The van der Waals surface area contributed by atoms with Gasteiger partial charge in [0.05, 0.1) is 10.7 Å². The maximum atomic E-state index is 12.9. The van der Waals surface area contributed by atoms with Gasteiger partial charge in [-0.25, -0.2) is 4.98 Å². The summed E-state index contributed by atoms with van der Waals surface area (Å²) < 4.78 is 0. The third kappa shape index (κ3) is 3.12. The van der Waals surface area contributed by atoms with Gasteiger partial charge in [0.25, 0.3) is 0 Å². The predicted octanol–water partition coefficient (Wildman–Crippen LogP) is 2.37. The van der Waals surface area contributed by atoms with Crippen LogP contribution in [0.1, 0.15) is 18.4 Å². The number of amides is 2. The summed E-state index contributed by atoms with van der Waals surface area (Å²) in [7, 11) is 0. The van der Waals surface area contributed by atoms with Gasteiger partial charge >= 0.3 is 0 Å². The number of hydrogen-bond donors (Lipinski definition) is 1. The zero-order valence-corrected chi connectivity index (χ0v) is 14.9. The summed E-state index contributed by atoms with van der Waals surface area (Å²) >= 11 is 6.09. The standard InChI is InChI=1S/C19H19ClN4O2/c20-14-9-16-18(22-11-14)23-8-4-7-15(23)19(26)24(16)12-17(25)21-10-13-5-2-1-3-6-13/h1-3,5-6,9,11,15H,4,7-8,10,12H2,(H,21,25). The highest BCUT2D eigenvalue weighted by Crippen LogP contribution is 2.39. The van der Waals surface area contributed by atoms with Crippen molar-refractivity contribution in [1.82, 2.24) is 10.3 Å². The Labute approximate surface area is 156 Å². The number of carbonyl (C=O) groups is 2. The van der Waals surface area contributed by atoms with Crippen molar-refractivity contribution < 1.29 is 9.59 Å². The molecular weight excluding hydrogens is 352 g/mol. The van der Waals surface area contributed by atoms with Crippen LogP contribution in [0.4, 0.5) is 11.5 Å². The van der Waals surface area contributed by atoms with Gasteiger partial charge < -0.3 is 10.2 Å². The second-order valence-electron chi connectivity index (χ2n) is 6.53. The largest absolute Gasteiger partial charge is 0.350 e. The molecular formula is C19H19ClN4O2. The maximum absolute atomic E-state index is 12.9. The molecule has 1 aromatic heterocycles. The van der Waals surface area contributed by atoms with E-state index in [1.54, 1.807) is 12.3 Å². The summed E-state index contributed by atoms with van der Waals surface area (Å²) in [6, 6.07) is 11.1. The molecule has 2 aliphatic heterocycles. The van der Waals surface area contributed by atoms with Crippen molar-refractivity contribution in [3.8, 4) is 0 Å². The van der Waals surface area contributed by atoms with E-state index in [4.69, 9.17) is 11.6 Å². The minimum absolute atomic E-state index is 0.0367. The van der Waals surface area contributed by atoms with Crippen molar-refractivity contribution in [1.29, 1.82) is 0 Å². The van der Waals surface area contributed by atoms with Crippen LogP contribution in [0.3, 0.4) is 0 Å². The van der Waals surface area contributed by atoms with Crippen molar-refractivity contribution in [3.05, 3.63) is 53.2 Å². The van der Waals surface area contributed by atoms with Gasteiger partial charge in [0.15, 0.2) is 5.82 Å². The van der Waals surface area contributed by atoms with Crippen LogP contribution in [-0.2, 0) is 16.1 Å². The van der Waals surface area contributed by atoms with Gasteiger partial charge in [0, 0.05) is 19.3 Å². The smallest absolute Gasteiger partial charge is 0.250 e. The minimum atomic E-state index is -0.238. The number of halogens is 1. The molecule has 0 radical (unpaired) electrons. The molecule has 134 valence electrons. The third-order valence-electron chi connectivity index (χ3n) is 4.81. The molecule has 7 heteroatoms. The number of nitrogens with one attached hydrogen (secondary N) is 1. The molecule has 0 aliphatic carbocycles. The molecule has 2 amide bonds. The van der Waals surface area contributed by atoms with E-state index in [0.29, 0.717) is 17.3 Å². The monoisotopic (exact) mass is 370 g/mol. The third-order valence-corrected chi connectivity index (χ3v) is 5.02. The topological polar surface area (TPSA) is 65.5 Å². The molecule has 1 saturated heterocycles. The summed E-state index contributed by atoms with van der Waals surface area (Å²) in [4.78, 5) is 33.3. The fourth-order valence-corrected chi connectivity index (χ4v) is 3.73. The number of nitrogens with zero attached hydrogens (tertiary/aromatic N) is 3. The van der Waals surface area contributed by atoms with E-state index in [2.05, 4.69) is 10.3 Å². The molecule has 26 heavy (non-hydrogen) atoms. The van der Waals surface area contributed by atoms with E-state index < -0.39 is 0 Å². The van der Waals surface area contributed by atoms with Crippen molar-refractivity contribution in [2.75, 3.05) is 22.9 Å². The van der Waals surface area contributed by atoms with Crippen molar-refractivity contribution in [2.24, 2.45) is 0 Å². The van der Waals surface area contributed by atoms with Crippen LogP contribution in [0, 0.1) is 0 Å². The fraction of sp³-hybridized carbons (Fsp3) is 0.316. The first-order valence-electron chi connectivity index (χ1n) is 8.67. The lowest BCUT2D eigenvalue weighted by atomic mass is 10.1. The molecule has 2 aliphatic rings. The average Bonchev–Trinajstić information content (AvgIpc) is 3.14. The van der Waals surface area contributed by atoms with E-state index in [1.807, 2.05) is 35.2 Å². The first kappa shape index (κ1) is 16.8. The normalized spacial score (nSPS) is 18.5. The number of aromatic nitrogens is 1. The number of pyridine rings is 1. The summed E-state index contributed by atoms with van der Waals surface area (Å²) in [6.45, 7) is 1.19. The second-order valence-corrected chi connectivity index (χ2v) is 6.97. The SMILES string of the molecule is O=C(CN1C(=O)C2CCCN2c2ncc(Cl)cc21)NCc1ccccc1. The number of fused-ring (bicyclic) bond motifs is 3. The molecule has 1 unspecified atom stereocenters. The molecule has 0 bridgehead atoms. The Morgan fingerprint density at radius 3 is 2.92 bits per heavy atom. The summed E-state index contributed by atoms with van der Waals surface area (Å²) in [5.41, 5.74) is 1.62. The second kappa shape index (κ2) is 6.96. The van der Waals surface area contributed by atoms with Crippen LogP contribution in [0.5, 0.6) is 0 Å². The predicted molar refractivity (Wildman–Crippen MR) is 100 cm³/mol. The van der Waals surface area contributed by atoms with E-state index in [1.165, 1.54) is 4.90 Å². The lowest BCUT2D eigenvalue weighted by Gasteiger charge is -2.38. The molecule has 0 saturated carbocycles. The number of rotatable bonds is 4. The Morgan fingerprint density at radius 1 is 1.31 bits per heavy atom. The van der Waals surface area contributed by atoms with E-state index >= 15 is 0 Å².